The molecule has 1 aromatic carbocycles. The van der Waals surface area contributed by atoms with Crippen LogP contribution in [-0.4, -0.2) is 25.0 Å². The lowest BCUT2D eigenvalue weighted by Gasteiger charge is -2.08. The summed E-state index contributed by atoms with van der Waals surface area (Å²) in [6.07, 6.45) is 4.81. The van der Waals surface area contributed by atoms with Gasteiger partial charge in [-0.3, -0.25) is 0 Å². The minimum atomic E-state index is -0.332. The summed E-state index contributed by atoms with van der Waals surface area (Å²) < 4.78 is 18.9. The molecule has 0 unspecified atom stereocenters. The van der Waals surface area contributed by atoms with E-state index in [1.54, 1.807) is 36.7 Å². The Morgan fingerprint density at radius 3 is 2.52 bits per heavy atom. The molecule has 0 bridgehead atoms. The number of benzene rings is 1. The van der Waals surface area contributed by atoms with Crippen molar-refractivity contribution in [2.24, 2.45) is 0 Å². The Bertz CT molecular complexity index is 1020. The van der Waals surface area contributed by atoms with E-state index < -0.39 is 0 Å². The monoisotopic (exact) mass is 358 g/mol. The number of nitrogens with one attached hydrogen (secondary N) is 1. The van der Waals surface area contributed by atoms with Crippen LogP contribution in [0.4, 0.5) is 4.39 Å². The third-order valence-electron chi connectivity index (χ3n) is 3.50. The SMILES string of the molecule is Cl.Oc1nccc(-c2c[nH]c3nccc(Oc4ccc(F)cc4)c23)n1. The fourth-order valence-electron chi connectivity index (χ4n) is 2.44. The Morgan fingerprint density at radius 1 is 1.00 bits per heavy atom. The number of hydrogen-bond acceptors (Lipinski definition) is 5. The molecule has 3 heterocycles. The van der Waals surface area contributed by atoms with Crippen molar-refractivity contribution in [1.29, 1.82) is 0 Å². The minimum Gasteiger partial charge on any atom is -0.479 e. The molecule has 0 aliphatic carbocycles. The molecule has 4 aromatic rings. The first-order chi connectivity index (χ1) is 11.7. The van der Waals surface area contributed by atoms with Gasteiger partial charge in [-0.15, -0.1) is 12.4 Å². The standard InChI is InChI=1S/C17H11FN4O2.ClH/c18-10-1-3-11(4-2-10)24-14-6-8-19-16-15(14)12(9-21-16)13-5-7-20-17(23)22-13;/h1-9H,(H,19,21)(H,20,22,23);1H. The van der Waals surface area contributed by atoms with Crippen molar-refractivity contribution in [3.63, 3.8) is 0 Å². The van der Waals surface area contributed by atoms with Crippen LogP contribution in [0.15, 0.2) is 55.0 Å². The predicted octanol–water partition coefficient (Wildman–Crippen LogP) is 4.08. The van der Waals surface area contributed by atoms with Crippen LogP contribution in [0.3, 0.4) is 0 Å². The molecule has 0 amide bonds. The maximum atomic E-state index is 13.0. The first kappa shape index (κ1) is 16.7. The summed E-state index contributed by atoms with van der Waals surface area (Å²) in [6, 6.07) is 8.82. The maximum absolute atomic E-state index is 13.0. The lowest BCUT2D eigenvalue weighted by molar-refractivity contribution is 0.431. The fraction of sp³-hybridized carbons (Fsp3) is 0. The van der Waals surface area contributed by atoms with Crippen LogP contribution >= 0.6 is 12.4 Å². The van der Waals surface area contributed by atoms with E-state index in [1.807, 2.05) is 0 Å². The Hall–Kier alpha value is -3.19. The summed E-state index contributed by atoms with van der Waals surface area (Å²) in [4.78, 5) is 15.0. The molecule has 2 N–H and O–H groups in total. The van der Waals surface area contributed by atoms with E-state index in [0.29, 0.717) is 33.8 Å². The molecule has 0 saturated carbocycles. The van der Waals surface area contributed by atoms with E-state index in [9.17, 15) is 9.50 Å². The summed E-state index contributed by atoms with van der Waals surface area (Å²) in [6.45, 7) is 0. The van der Waals surface area contributed by atoms with Gasteiger partial charge in [0.2, 0.25) is 0 Å². The lowest BCUT2D eigenvalue weighted by Crippen LogP contribution is -1.89. The van der Waals surface area contributed by atoms with Crippen LogP contribution in [0.2, 0.25) is 0 Å². The summed E-state index contributed by atoms with van der Waals surface area (Å²) in [5.74, 6) is 0.712. The van der Waals surface area contributed by atoms with Crippen molar-refractivity contribution in [2.75, 3.05) is 0 Å². The number of aromatic hydroxyl groups is 1. The molecule has 4 rings (SSSR count). The summed E-state index contributed by atoms with van der Waals surface area (Å²) in [5.41, 5.74) is 1.86. The van der Waals surface area contributed by atoms with E-state index in [-0.39, 0.29) is 24.2 Å². The molecule has 0 atom stereocenters. The summed E-state index contributed by atoms with van der Waals surface area (Å²) >= 11 is 0. The molecule has 6 nitrogen and oxygen atoms in total. The number of H-pyrrole nitrogens is 1. The van der Waals surface area contributed by atoms with Crippen molar-refractivity contribution in [2.45, 2.75) is 0 Å². The fourth-order valence-corrected chi connectivity index (χ4v) is 2.44. The zero-order chi connectivity index (χ0) is 16.5. The average molecular weight is 359 g/mol. The van der Waals surface area contributed by atoms with Gasteiger partial charge in [-0.2, -0.15) is 4.98 Å². The quantitative estimate of drug-likeness (QED) is 0.576. The Balaban J connectivity index is 0.00000182. The normalized spacial score (nSPS) is 10.4. The maximum Gasteiger partial charge on any atom is 0.314 e. The molecule has 25 heavy (non-hydrogen) atoms. The van der Waals surface area contributed by atoms with Crippen LogP contribution in [0.5, 0.6) is 17.5 Å². The predicted molar refractivity (Wildman–Crippen MR) is 92.5 cm³/mol. The highest BCUT2D eigenvalue weighted by atomic mass is 35.5. The topological polar surface area (TPSA) is 83.9 Å². The van der Waals surface area contributed by atoms with Gasteiger partial charge in [0.15, 0.2) is 0 Å². The number of aromatic amines is 1. The van der Waals surface area contributed by atoms with Gasteiger partial charge < -0.3 is 14.8 Å². The number of ether oxygens (including phenoxy) is 1. The number of pyridine rings is 1. The van der Waals surface area contributed by atoms with E-state index in [4.69, 9.17) is 4.74 Å². The molecule has 0 saturated heterocycles. The van der Waals surface area contributed by atoms with E-state index in [1.165, 1.54) is 18.3 Å². The van der Waals surface area contributed by atoms with Gasteiger partial charge in [0.25, 0.3) is 0 Å². The van der Waals surface area contributed by atoms with Crippen molar-refractivity contribution < 1.29 is 14.2 Å². The number of rotatable bonds is 3. The molecule has 0 aliphatic rings. The third-order valence-corrected chi connectivity index (χ3v) is 3.50. The molecular weight excluding hydrogens is 347 g/mol. The Labute approximate surface area is 147 Å². The third kappa shape index (κ3) is 3.22. The second kappa shape index (κ2) is 6.74. The van der Waals surface area contributed by atoms with Gasteiger partial charge in [-0.25, -0.2) is 14.4 Å². The lowest BCUT2D eigenvalue weighted by atomic mass is 10.1. The Kier molecular flexibility index (Phi) is 4.49. The second-order valence-corrected chi connectivity index (χ2v) is 5.03. The van der Waals surface area contributed by atoms with Crippen molar-refractivity contribution in [3.05, 3.63) is 60.8 Å². The van der Waals surface area contributed by atoms with Gasteiger partial charge >= 0.3 is 6.01 Å². The summed E-state index contributed by atoms with van der Waals surface area (Å²) in [5, 5.41) is 10.2. The number of fused-ring (bicyclic) bond motifs is 1. The second-order valence-electron chi connectivity index (χ2n) is 5.03. The molecular formula is C17H12ClFN4O2. The number of halogens is 2. The van der Waals surface area contributed by atoms with Crippen LogP contribution in [0.25, 0.3) is 22.3 Å². The van der Waals surface area contributed by atoms with Crippen molar-refractivity contribution >= 4 is 23.4 Å². The zero-order valence-electron chi connectivity index (χ0n) is 12.7. The van der Waals surface area contributed by atoms with Gasteiger partial charge in [-0.05, 0) is 36.4 Å². The molecule has 8 heteroatoms. The van der Waals surface area contributed by atoms with Crippen LogP contribution in [0.1, 0.15) is 0 Å². The summed E-state index contributed by atoms with van der Waals surface area (Å²) in [7, 11) is 0. The number of hydrogen-bond donors (Lipinski definition) is 2. The molecule has 0 fully saturated rings. The zero-order valence-corrected chi connectivity index (χ0v) is 13.5. The molecule has 0 spiro atoms. The van der Waals surface area contributed by atoms with Crippen LogP contribution < -0.4 is 4.74 Å². The first-order valence-electron chi connectivity index (χ1n) is 7.12. The highest BCUT2D eigenvalue weighted by Gasteiger charge is 2.14. The van der Waals surface area contributed by atoms with Gasteiger partial charge in [0.05, 0.1) is 11.1 Å². The van der Waals surface area contributed by atoms with Crippen molar-refractivity contribution in [1.82, 2.24) is 19.9 Å². The molecule has 0 aliphatic heterocycles. The smallest absolute Gasteiger partial charge is 0.314 e. The van der Waals surface area contributed by atoms with Crippen LogP contribution in [-0.2, 0) is 0 Å². The van der Waals surface area contributed by atoms with Gasteiger partial charge in [0.1, 0.15) is 23.0 Å². The van der Waals surface area contributed by atoms with Gasteiger partial charge in [-0.1, -0.05) is 0 Å². The Morgan fingerprint density at radius 2 is 1.76 bits per heavy atom. The molecule has 0 radical (unpaired) electrons. The number of nitrogens with zero attached hydrogens (tertiary/aromatic N) is 3. The van der Waals surface area contributed by atoms with Crippen LogP contribution in [0, 0.1) is 5.82 Å². The van der Waals surface area contributed by atoms with Crippen molar-refractivity contribution in [3.8, 4) is 28.8 Å². The highest BCUT2D eigenvalue weighted by Crippen LogP contribution is 2.36. The average Bonchev–Trinajstić information content (AvgIpc) is 3.02. The van der Waals surface area contributed by atoms with Gasteiger partial charge in [0, 0.05) is 24.2 Å². The van der Waals surface area contributed by atoms with E-state index in [0.717, 1.165) is 0 Å². The molecule has 3 aromatic heterocycles. The first-order valence-corrected chi connectivity index (χ1v) is 7.12. The number of aromatic nitrogens is 4. The van der Waals surface area contributed by atoms with E-state index >= 15 is 0 Å². The highest BCUT2D eigenvalue weighted by molar-refractivity contribution is 5.97. The largest absolute Gasteiger partial charge is 0.479 e. The minimum absolute atomic E-state index is 0. The van der Waals surface area contributed by atoms with E-state index in [2.05, 4.69) is 19.9 Å². The molecule has 126 valence electrons.